The van der Waals surface area contributed by atoms with Crippen molar-refractivity contribution >= 4 is 11.6 Å². The summed E-state index contributed by atoms with van der Waals surface area (Å²) in [5.41, 5.74) is 0.985. The molecular weight excluding hydrogens is 166 g/mol. The Bertz CT molecular complexity index is 261. The van der Waals surface area contributed by atoms with Gasteiger partial charge in [-0.25, -0.2) is 0 Å². The second kappa shape index (κ2) is 5.13. The van der Waals surface area contributed by atoms with Crippen LogP contribution in [-0.2, 0) is 4.79 Å². The first kappa shape index (κ1) is 9.51. The number of pyridine rings is 1. The first-order valence-electron chi connectivity index (χ1n) is 4.17. The van der Waals surface area contributed by atoms with E-state index in [0.29, 0.717) is 13.0 Å². The van der Waals surface area contributed by atoms with Crippen molar-refractivity contribution in [2.24, 2.45) is 0 Å². The molecule has 70 valence electrons. The van der Waals surface area contributed by atoms with E-state index in [1.165, 1.54) is 0 Å². The predicted molar refractivity (Wildman–Crippen MR) is 51.4 cm³/mol. The molecule has 0 spiro atoms. The van der Waals surface area contributed by atoms with Crippen molar-refractivity contribution in [2.75, 3.05) is 18.9 Å². The van der Waals surface area contributed by atoms with E-state index in [2.05, 4.69) is 15.6 Å². The van der Waals surface area contributed by atoms with Gasteiger partial charge in [0.05, 0.1) is 0 Å². The van der Waals surface area contributed by atoms with Gasteiger partial charge in [-0.2, -0.15) is 0 Å². The van der Waals surface area contributed by atoms with Gasteiger partial charge in [-0.1, -0.05) is 0 Å². The first-order chi connectivity index (χ1) is 6.33. The van der Waals surface area contributed by atoms with Crippen LogP contribution in [-0.4, -0.2) is 24.5 Å². The SMILES string of the molecule is CNC(=O)CCNc1ccncc1. The molecule has 4 heteroatoms. The monoisotopic (exact) mass is 179 g/mol. The molecule has 13 heavy (non-hydrogen) atoms. The molecule has 1 rings (SSSR count). The number of nitrogens with one attached hydrogen (secondary N) is 2. The summed E-state index contributed by atoms with van der Waals surface area (Å²) in [5, 5.41) is 5.67. The van der Waals surface area contributed by atoms with E-state index in [1.807, 2.05) is 12.1 Å². The maximum Gasteiger partial charge on any atom is 0.221 e. The largest absolute Gasteiger partial charge is 0.384 e. The average molecular weight is 179 g/mol. The van der Waals surface area contributed by atoms with E-state index in [1.54, 1.807) is 19.4 Å². The smallest absolute Gasteiger partial charge is 0.221 e. The van der Waals surface area contributed by atoms with Gasteiger partial charge < -0.3 is 10.6 Å². The fourth-order valence-corrected chi connectivity index (χ4v) is 0.915. The van der Waals surface area contributed by atoms with E-state index in [4.69, 9.17) is 0 Å². The summed E-state index contributed by atoms with van der Waals surface area (Å²) in [4.78, 5) is 14.7. The van der Waals surface area contributed by atoms with Crippen molar-refractivity contribution < 1.29 is 4.79 Å². The maximum atomic E-state index is 10.8. The third kappa shape index (κ3) is 3.55. The zero-order valence-electron chi connectivity index (χ0n) is 7.58. The Morgan fingerprint density at radius 3 is 2.77 bits per heavy atom. The van der Waals surface area contributed by atoms with Crippen molar-refractivity contribution in [2.45, 2.75) is 6.42 Å². The van der Waals surface area contributed by atoms with Crippen LogP contribution in [0.3, 0.4) is 0 Å². The topological polar surface area (TPSA) is 54.0 Å². The number of hydrogen-bond acceptors (Lipinski definition) is 3. The third-order valence-corrected chi connectivity index (χ3v) is 1.64. The highest BCUT2D eigenvalue weighted by Gasteiger charge is 1.96. The van der Waals surface area contributed by atoms with Crippen LogP contribution >= 0.6 is 0 Å². The zero-order chi connectivity index (χ0) is 9.52. The van der Waals surface area contributed by atoms with Gasteiger partial charge >= 0.3 is 0 Å². The van der Waals surface area contributed by atoms with Crippen LogP contribution < -0.4 is 10.6 Å². The number of hydrogen-bond donors (Lipinski definition) is 2. The van der Waals surface area contributed by atoms with Crippen LogP contribution in [0.1, 0.15) is 6.42 Å². The summed E-state index contributed by atoms with van der Waals surface area (Å²) in [7, 11) is 1.63. The lowest BCUT2D eigenvalue weighted by Crippen LogP contribution is -2.20. The first-order valence-corrected chi connectivity index (χ1v) is 4.17. The second-order valence-electron chi connectivity index (χ2n) is 2.59. The molecule has 0 unspecified atom stereocenters. The number of aromatic nitrogens is 1. The highest BCUT2D eigenvalue weighted by molar-refractivity contribution is 5.76. The van der Waals surface area contributed by atoms with Gasteiger partial charge in [-0.15, -0.1) is 0 Å². The Morgan fingerprint density at radius 1 is 1.46 bits per heavy atom. The van der Waals surface area contributed by atoms with Crippen LogP contribution in [0.2, 0.25) is 0 Å². The van der Waals surface area contributed by atoms with Gasteiger partial charge in [0.25, 0.3) is 0 Å². The fourth-order valence-electron chi connectivity index (χ4n) is 0.915. The molecule has 1 aromatic rings. The van der Waals surface area contributed by atoms with Crippen LogP contribution in [0.4, 0.5) is 5.69 Å². The maximum absolute atomic E-state index is 10.8. The molecule has 0 saturated heterocycles. The van der Waals surface area contributed by atoms with Crippen LogP contribution in [0.5, 0.6) is 0 Å². The molecule has 0 bridgehead atoms. The Balaban J connectivity index is 2.24. The van der Waals surface area contributed by atoms with Gasteiger partial charge in [-0.05, 0) is 12.1 Å². The number of nitrogens with zero attached hydrogens (tertiary/aromatic N) is 1. The summed E-state index contributed by atoms with van der Waals surface area (Å²) in [6.07, 6.45) is 3.91. The van der Waals surface area contributed by atoms with E-state index in [9.17, 15) is 4.79 Å². The normalized spacial score (nSPS) is 9.31. The number of rotatable bonds is 4. The van der Waals surface area contributed by atoms with Crippen LogP contribution in [0, 0.1) is 0 Å². The molecule has 0 aliphatic rings. The van der Waals surface area contributed by atoms with Crippen molar-refractivity contribution in [1.82, 2.24) is 10.3 Å². The minimum absolute atomic E-state index is 0.0431. The molecule has 0 atom stereocenters. The predicted octanol–water partition coefficient (Wildman–Crippen LogP) is 0.630. The van der Waals surface area contributed by atoms with Crippen molar-refractivity contribution in [3.63, 3.8) is 0 Å². The number of anilines is 1. The van der Waals surface area contributed by atoms with E-state index in [0.717, 1.165) is 5.69 Å². The minimum Gasteiger partial charge on any atom is -0.384 e. The highest BCUT2D eigenvalue weighted by Crippen LogP contribution is 2.02. The summed E-state index contributed by atoms with van der Waals surface area (Å²) in [6.45, 7) is 0.643. The van der Waals surface area contributed by atoms with Crippen molar-refractivity contribution in [3.05, 3.63) is 24.5 Å². The fraction of sp³-hybridized carbons (Fsp3) is 0.333. The minimum atomic E-state index is 0.0431. The molecule has 0 saturated carbocycles. The van der Waals surface area contributed by atoms with Crippen molar-refractivity contribution in [1.29, 1.82) is 0 Å². The van der Waals surface area contributed by atoms with Gasteiger partial charge in [0.15, 0.2) is 0 Å². The highest BCUT2D eigenvalue weighted by atomic mass is 16.1. The molecule has 0 fully saturated rings. The lowest BCUT2D eigenvalue weighted by molar-refractivity contribution is -0.120. The summed E-state index contributed by atoms with van der Waals surface area (Å²) < 4.78 is 0. The van der Waals surface area contributed by atoms with Gasteiger partial charge in [0.2, 0.25) is 5.91 Å². The zero-order valence-corrected chi connectivity index (χ0v) is 7.58. The van der Waals surface area contributed by atoms with Gasteiger partial charge in [0, 0.05) is 38.1 Å². The Hall–Kier alpha value is -1.58. The molecule has 4 nitrogen and oxygen atoms in total. The summed E-state index contributed by atoms with van der Waals surface area (Å²) in [5.74, 6) is 0.0431. The Morgan fingerprint density at radius 2 is 2.15 bits per heavy atom. The molecule has 0 aromatic carbocycles. The molecule has 2 N–H and O–H groups in total. The Kier molecular flexibility index (Phi) is 3.75. The number of carbonyl (C=O) groups is 1. The lowest BCUT2D eigenvalue weighted by atomic mass is 10.3. The third-order valence-electron chi connectivity index (χ3n) is 1.64. The molecule has 0 aliphatic heterocycles. The summed E-state index contributed by atoms with van der Waals surface area (Å²) in [6, 6.07) is 3.73. The number of carbonyl (C=O) groups excluding carboxylic acids is 1. The van der Waals surface area contributed by atoms with Crippen LogP contribution in [0.15, 0.2) is 24.5 Å². The van der Waals surface area contributed by atoms with Gasteiger partial charge in [-0.3, -0.25) is 9.78 Å². The second-order valence-corrected chi connectivity index (χ2v) is 2.59. The standard InChI is InChI=1S/C9H13N3O/c1-10-9(13)4-7-12-8-2-5-11-6-3-8/h2-3,5-6H,4,7H2,1H3,(H,10,13)(H,11,12). The summed E-state index contributed by atoms with van der Waals surface area (Å²) >= 11 is 0. The Labute approximate surface area is 77.4 Å². The molecule has 0 aliphatic carbocycles. The van der Waals surface area contributed by atoms with E-state index in [-0.39, 0.29) is 5.91 Å². The lowest BCUT2D eigenvalue weighted by Gasteiger charge is -2.04. The van der Waals surface area contributed by atoms with E-state index >= 15 is 0 Å². The molecule has 1 amide bonds. The molecule has 1 aromatic heterocycles. The quantitative estimate of drug-likeness (QED) is 0.712. The van der Waals surface area contributed by atoms with Gasteiger partial charge in [0.1, 0.15) is 0 Å². The van der Waals surface area contributed by atoms with E-state index < -0.39 is 0 Å². The molecule has 1 heterocycles. The molecular formula is C9H13N3O. The average Bonchev–Trinajstić information content (AvgIpc) is 2.19. The molecule has 0 radical (unpaired) electrons. The van der Waals surface area contributed by atoms with Crippen LogP contribution in [0.25, 0.3) is 0 Å². The number of amides is 1. The van der Waals surface area contributed by atoms with Crippen molar-refractivity contribution in [3.8, 4) is 0 Å².